The van der Waals surface area contributed by atoms with E-state index in [4.69, 9.17) is 9.97 Å². The van der Waals surface area contributed by atoms with Crippen LogP contribution in [0.25, 0.3) is 119 Å². The maximum absolute atomic E-state index is 5.52. The fourth-order valence-electron chi connectivity index (χ4n) is 9.29. The Balaban J connectivity index is 1.16. The number of para-hydroxylation sites is 3. The fraction of sp³-hybridized carbons (Fsp3) is 0. The predicted molar refractivity (Wildman–Crippen MR) is 242 cm³/mol. The summed E-state index contributed by atoms with van der Waals surface area (Å²) in [6, 6.07) is 66.0. The third-order valence-electron chi connectivity index (χ3n) is 11.9. The van der Waals surface area contributed by atoms with Gasteiger partial charge in [-0.05, 0) is 82.2 Å². The van der Waals surface area contributed by atoms with Gasteiger partial charge >= 0.3 is 0 Å². The minimum absolute atomic E-state index is 0.815. The van der Waals surface area contributed by atoms with E-state index in [-0.39, 0.29) is 0 Å². The van der Waals surface area contributed by atoms with E-state index in [9.17, 15) is 0 Å². The van der Waals surface area contributed by atoms with E-state index in [2.05, 4.69) is 179 Å². The van der Waals surface area contributed by atoms with E-state index in [0.29, 0.717) is 0 Å². The van der Waals surface area contributed by atoms with Gasteiger partial charge in [0.05, 0.1) is 33.1 Å². The van der Waals surface area contributed by atoms with Crippen LogP contribution in [0.4, 0.5) is 0 Å². The van der Waals surface area contributed by atoms with Crippen LogP contribution in [0.1, 0.15) is 0 Å². The zero-order valence-corrected chi connectivity index (χ0v) is 31.3. The third kappa shape index (κ3) is 4.43. The van der Waals surface area contributed by atoms with Gasteiger partial charge in [-0.2, -0.15) is 0 Å². The van der Waals surface area contributed by atoms with Crippen LogP contribution < -0.4 is 0 Å². The van der Waals surface area contributed by atoms with Crippen LogP contribution in [-0.2, 0) is 0 Å². The Morgan fingerprint density at radius 3 is 1.91 bits per heavy atom. The highest BCUT2D eigenvalue weighted by Gasteiger charge is 2.23. The molecule has 0 aliphatic carbocycles. The quantitative estimate of drug-likeness (QED) is 0.181. The lowest BCUT2D eigenvalue weighted by atomic mass is 10.0. The minimum atomic E-state index is 0.815. The number of hydrogen-bond acceptors (Lipinski definition) is 3. The van der Waals surface area contributed by atoms with Gasteiger partial charge in [0.15, 0.2) is 5.82 Å². The van der Waals surface area contributed by atoms with E-state index < -0.39 is 0 Å². The topological polar surface area (TPSA) is 35.6 Å². The van der Waals surface area contributed by atoms with Crippen molar-refractivity contribution in [3.8, 4) is 22.8 Å². The molecule has 0 saturated heterocycles. The molecule has 0 amide bonds. The largest absolute Gasteiger partial charge is 0.309 e. The zero-order valence-electron chi connectivity index (χ0n) is 30.5. The molecule has 13 aromatic rings. The molecule has 0 aliphatic heterocycles. The Morgan fingerprint density at radius 1 is 0.368 bits per heavy atom. The number of nitrogens with zero attached hydrogens (tertiary/aromatic N) is 4. The fourth-order valence-corrected chi connectivity index (χ4v) is 10.4. The van der Waals surface area contributed by atoms with E-state index in [0.717, 1.165) is 44.8 Å². The normalized spacial score (nSPS) is 12.2. The summed E-state index contributed by atoms with van der Waals surface area (Å²) in [7, 11) is 0. The van der Waals surface area contributed by atoms with Crippen LogP contribution in [0.15, 0.2) is 182 Å². The average Bonchev–Trinajstić information content (AvgIpc) is 3.92. The molecule has 0 N–H and O–H groups in total. The standard InChI is InChI=1S/C52H30N4S/c1-2-13-33-28-46-41(27-32(33)12-1)37-15-5-9-19-44(37)55(46)35-23-25-40-47(30-35)56(45-26-22-31-11-3-4-14-36(31)50(40)45)52-51(53-42-17-7-8-18-43(42)54-52)34-21-24-39-38-16-6-10-20-48(38)57-49(39)29-34/h1-30H. The maximum Gasteiger partial charge on any atom is 0.165 e. The third-order valence-corrected chi connectivity index (χ3v) is 13.0. The van der Waals surface area contributed by atoms with E-state index >= 15 is 0 Å². The second-order valence-corrected chi connectivity index (χ2v) is 16.1. The Labute approximate surface area is 330 Å². The summed E-state index contributed by atoms with van der Waals surface area (Å²) < 4.78 is 7.32. The Kier molecular flexibility index (Phi) is 6.29. The molecule has 4 nitrogen and oxygen atoms in total. The summed E-state index contributed by atoms with van der Waals surface area (Å²) in [6.45, 7) is 0. The first kappa shape index (κ1) is 30.9. The SMILES string of the molecule is c1ccc2cc3c(cc2c1)c1ccccc1n3-c1ccc2c3c4ccccc4ccc3n(-c3nc4ccccc4nc3-c3ccc4c(c3)sc3ccccc34)c2c1. The van der Waals surface area contributed by atoms with Gasteiger partial charge in [0.1, 0.15) is 5.69 Å². The molecule has 0 saturated carbocycles. The molecule has 0 aliphatic rings. The molecule has 264 valence electrons. The summed E-state index contributed by atoms with van der Waals surface area (Å²) in [6.07, 6.45) is 0. The van der Waals surface area contributed by atoms with Crippen LogP contribution >= 0.6 is 11.3 Å². The van der Waals surface area contributed by atoms with Gasteiger partial charge in [0.2, 0.25) is 0 Å². The van der Waals surface area contributed by atoms with Gasteiger partial charge in [-0.25, -0.2) is 9.97 Å². The van der Waals surface area contributed by atoms with Crippen molar-refractivity contribution in [1.82, 2.24) is 19.1 Å². The zero-order chi connectivity index (χ0) is 37.2. The van der Waals surface area contributed by atoms with Crippen molar-refractivity contribution in [3.05, 3.63) is 182 Å². The second kappa shape index (κ2) is 11.6. The highest BCUT2D eigenvalue weighted by atomic mass is 32.1. The van der Waals surface area contributed by atoms with Gasteiger partial charge in [-0.1, -0.05) is 121 Å². The number of benzene rings is 9. The summed E-state index contributed by atoms with van der Waals surface area (Å²) in [5.74, 6) is 0.815. The molecule has 5 heteroatoms. The van der Waals surface area contributed by atoms with Crippen LogP contribution in [0.2, 0.25) is 0 Å². The highest BCUT2D eigenvalue weighted by Crippen LogP contribution is 2.43. The van der Waals surface area contributed by atoms with Crippen molar-refractivity contribution < 1.29 is 0 Å². The average molecular weight is 743 g/mol. The maximum atomic E-state index is 5.52. The molecule has 0 unspecified atom stereocenters. The van der Waals surface area contributed by atoms with Crippen LogP contribution in [0.3, 0.4) is 0 Å². The van der Waals surface area contributed by atoms with Crippen molar-refractivity contribution in [2.75, 3.05) is 0 Å². The molecule has 4 aromatic heterocycles. The Morgan fingerprint density at radius 2 is 1.04 bits per heavy atom. The van der Waals surface area contributed by atoms with Gasteiger partial charge in [0, 0.05) is 53.0 Å². The first-order chi connectivity index (χ1) is 28.2. The molecular formula is C52H30N4S. The van der Waals surface area contributed by atoms with Gasteiger partial charge in [-0.3, -0.25) is 4.57 Å². The molecule has 4 heterocycles. The van der Waals surface area contributed by atoms with Crippen molar-refractivity contribution in [2.45, 2.75) is 0 Å². The molecule has 0 radical (unpaired) electrons. The predicted octanol–water partition coefficient (Wildman–Crippen LogP) is 14.2. The van der Waals surface area contributed by atoms with E-state index in [1.54, 1.807) is 0 Å². The number of rotatable bonds is 3. The van der Waals surface area contributed by atoms with Crippen molar-refractivity contribution in [2.24, 2.45) is 0 Å². The van der Waals surface area contributed by atoms with Gasteiger partial charge in [-0.15, -0.1) is 11.3 Å². The molecule has 0 bridgehead atoms. The van der Waals surface area contributed by atoms with E-state index in [1.807, 2.05) is 23.5 Å². The summed E-state index contributed by atoms with van der Waals surface area (Å²) >= 11 is 1.83. The number of fused-ring (bicyclic) bond motifs is 13. The Bertz CT molecular complexity index is 3830. The second-order valence-electron chi connectivity index (χ2n) is 15.0. The Hall–Kier alpha value is -7.34. The lowest BCUT2D eigenvalue weighted by Gasteiger charge is -2.15. The molecule has 0 spiro atoms. The molecule has 0 atom stereocenters. The molecule has 57 heavy (non-hydrogen) atoms. The first-order valence-corrected chi connectivity index (χ1v) is 20.1. The molecule has 9 aromatic carbocycles. The van der Waals surface area contributed by atoms with Crippen molar-refractivity contribution >= 4 is 108 Å². The number of thiophene rings is 1. The minimum Gasteiger partial charge on any atom is -0.309 e. The monoisotopic (exact) mass is 742 g/mol. The van der Waals surface area contributed by atoms with Gasteiger partial charge < -0.3 is 4.57 Å². The van der Waals surface area contributed by atoms with Gasteiger partial charge in [0.25, 0.3) is 0 Å². The number of hydrogen-bond donors (Lipinski definition) is 0. The lowest BCUT2D eigenvalue weighted by Crippen LogP contribution is -2.04. The van der Waals surface area contributed by atoms with Crippen molar-refractivity contribution in [3.63, 3.8) is 0 Å². The van der Waals surface area contributed by atoms with Crippen LogP contribution in [0.5, 0.6) is 0 Å². The molecule has 13 rings (SSSR count). The molecular weight excluding hydrogens is 713 g/mol. The highest BCUT2D eigenvalue weighted by molar-refractivity contribution is 7.25. The van der Waals surface area contributed by atoms with Crippen molar-refractivity contribution in [1.29, 1.82) is 0 Å². The lowest BCUT2D eigenvalue weighted by molar-refractivity contribution is 1.08. The van der Waals surface area contributed by atoms with Crippen LogP contribution in [0, 0.1) is 0 Å². The van der Waals surface area contributed by atoms with Crippen LogP contribution in [-0.4, -0.2) is 19.1 Å². The summed E-state index contributed by atoms with van der Waals surface area (Å²) in [4.78, 5) is 11.0. The summed E-state index contributed by atoms with van der Waals surface area (Å²) in [5, 5.41) is 12.3. The summed E-state index contributed by atoms with van der Waals surface area (Å²) in [5.41, 5.74) is 9.28. The first-order valence-electron chi connectivity index (χ1n) is 19.3. The smallest absolute Gasteiger partial charge is 0.165 e. The number of aromatic nitrogens is 4. The molecule has 0 fully saturated rings. The van der Waals surface area contributed by atoms with E-state index in [1.165, 1.54) is 74.3 Å².